The molecule has 0 heterocycles. The van der Waals surface area contributed by atoms with Crippen LogP contribution in [0.4, 0.5) is 4.39 Å². The molecule has 7 heteroatoms. The van der Waals surface area contributed by atoms with Gasteiger partial charge in [-0.15, -0.1) is 0 Å². The number of esters is 2. The van der Waals surface area contributed by atoms with Crippen LogP contribution < -0.4 is 4.74 Å². The van der Waals surface area contributed by atoms with Gasteiger partial charge in [-0.05, 0) is 30.3 Å². The molecule has 0 N–H and O–H groups in total. The van der Waals surface area contributed by atoms with Crippen LogP contribution >= 0.6 is 11.6 Å². The van der Waals surface area contributed by atoms with Gasteiger partial charge in [0.05, 0.1) is 30.4 Å². The Morgan fingerprint density at radius 2 is 1.62 bits per heavy atom. The molecule has 2 aromatic carbocycles. The van der Waals surface area contributed by atoms with Crippen LogP contribution in [0.25, 0.3) is 0 Å². The highest BCUT2D eigenvalue weighted by molar-refractivity contribution is 6.31. The molecule has 0 saturated carbocycles. The average Bonchev–Trinajstić information content (AvgIpc) is 2.59. The Labute approximate surface area is 142 Å². The van der Waals surface area contributed by atoms with Gasteiger partial charge in [-0.25, -0.2) is 14.0 Å². The van der Waals surface area contributed by atoms with Crippen molar-refractivity contribution < 1.29 is 28.2 Å². The Balaban J connectivity index is 2.32. The third-order valence-electron chi connectivity index (χ3n) is 3.19. The quantitative estimate of drug-likeness (QED) is 0.769. The van der Waals surface area contributed by atoms with E-state index in [2.05, 4.69) is 9.47 Å². The largest absolute Gasteiger partial charge is 0.489 e. The molecule has 0 aromatic heterocycles. The fraction of sp³-hybridized carbons (Fsp3) is 0.176. The van der Waals surface area contributed by atoms with E-state index in [1.165, 1.54) is 50.6 Å². The maximum Gasteiger partial charge on any atom is 0.338 e. The summed E-state index contributed by atoms with van der Waals surface area (Å²) in [5.41, 5.74) is 0.382. The summed E-state index contributed by atoms with van der Waals surface area (Å²) in [5.74, 6) is -1.62. The molecular formula is C17H14ClFO5. The smallest absolute Gasteiger partial charge is 0.338 e. The zero-order valence-corrected chi connectivity index (χ0v) is 13.7. The molecule has 0 atom stereocenters. The second-order valence-electron chi connectivity index (χ2n) is 4.72. The monoisotopic (exact) mass is 352 g/mol. The molecule has 126 valence electrons. The Morgan fingerprint density at radius 3 is 2.12 bits per heavy atom. The number of hydrogen-bond donors (Lipinski definition) is 0. The maximum absolute atomic E-state index is 13.8. The lowest BCUT2D eigenvalue weighted by atomic mass is 10.1. The summed E-state index contributed by atoms with van der Waals surface area (Å²) in [7, 11) is 2.43. The third kappa shape index (κ3) is 4.02. The van der Waals surface area contributed by atoms with Crippen molar-refractivity contribution in [2.24, 2.45) is 0 Å². The second kappa shape index (κ2) is 7.79. The first-order chi connectivity index (χ1) is 11.5. The number of ether oxygens (including phenoxy) is 3. The van der Waals surface area contributed by atoms with Crippen LogP contribution in [0.1, 0.15) is 26.3 Å². The van der Waals surface area contributed by atoms with E-state index in [0.29, 0.717) is 0 Å². The van der Waals surface area contributed by atoms with Gasteiger partial charge in [0.2, 0.25) is 0 Å². The zero-order valence-electron chi connectivity index (χ0n) is 13.0. The fourth-order valence-corrected chi connectivity index (χ4v) is 2.20. The lowest BCUT2D eigenvalue weighted by Gasteiger charge is -2.11. The van der Waals surface area contributed by atoms with Gasteiger partial charge < -0.3 is 14.2 Å². The van der Waals surface area contributed by atoms with Gasteiger partial charge in [0.15, 0.2) is 0 Å². The molecule has 0 amide bonds. The molecule has 0 bridgehead atoms. The Kier molecular flexibility index (Phi) is 5.76. The van der Waals surface area contributed by atoms with Crippen LogP contribution in [0.2, 0.25) is 5.02 Å². The number of methoxy groups -OCH3 is 2. The van der Waals surface area contributed by atoms with Crippen molar-refractivity contribution in [2.45, 2.75) is 6.61 Å². The van der Waals surface area contributed by atoms with Gasteiger partial charge in [0.25, 0.3) is 0 Å². The number of benzene rings is 2. The maximum atomic E-state index is 13.8. The van der Waals surface area contributed by atoms with E-state index in [4.69, 9.17) is 16.3 Å². The van der Waals surface area contributed by atoms with Gasteiger partial charge in [-0.1, -0.05) is 17.7 Å². The molecule has 0 radical (unpaired) electrons. The summed E-state index contributed by atoms with van der Waals surface area (Å²) >= 11 is 5.94. The van der Waals surface area contributed by atoms with Crippen LogP contribution in [0, 0.1) is 5.82 Å². The van der Waals surface area contributed by atoms with E-state index in [-0.39, 0.29) is 34.1 Å². The van der Waals surface area contributed by atoms with Gasteiger partial charge in [0, 0.05) is 5.56 Å². The van der Waals surface area contributed by atoms with Crippen LogP contribution in [0.15, 0.2) is 36.4 Å². The van der Waals surface area contributed by atoms with E-state index in [1.807, 2.05) is 0 Å². The molecule has 0 spiro atoms. The van der Waals surface area contributed by atoms with Crippen molar-refractivity contribution >= 4 is 23.5 Å². The zero-order chi connectivity index (χ0) is 17.7. The lowest BCUT2D eigenvalue weighted by molar-refractivity contribution is 0.0598. The van der Waals surface area contributed by atoms with E-state index < -0.39 is 17.8 Å². The lowest BCUT2D eigenvalue weighted by Crippen LogP contribution is -2.08. The van der Waals surface area contributed by atoms with Crippen LogP contribution in [-0.4, -0.2) is 26.2 Å². The standard InChI is InChI=1S/C17H14ClFO5/c1-22-16(20)10-6-11(17(21)23-2)8-12(7-10)24-9-13-14(18)4-3-5-15(13)19/h3-8H,9H2,1-2H3. The molecule has 0 unspecified atom stereocenters. The third-order valence-corrected chi connectivity index (χ3v) is 3.55. The first-order valence-corrected chi connectivity index (χ1v) is 7.21. The minimum Gasteiger partial charge on any atom is -0.489 e. The summed E-state index contributed by atoms with van der Waals surface area (Å²) in [4.78, 5) is 23.4. The van der Waals surface area contributed by atoms with Gasteiger partial charge >= 0.3 is 11.9 Å². The number of carbonyl (C=O) groups is 2. The molecule has 0 aliphatic rings. The summed E-state index contributed by atoms with van der Waals surface area (Å²) in [6, 6.07) is 8.36. The van der Waals surface area contributed by atoms with Crippen molar-refractivity contribution in [1.29, 1.82) is 0 Å². The first-order valence-electron chi connectivity index (χ1n) is 6.83. The normalized spacial score (nSPS) is 10.2. The van der Waals surface area contributed by atoms with E-state index in [9.17, 15) is 14.0 Å². The molecule has 0 aliphatic heterocycles. The predicted molar refractivity (Wildman–Crippen MR) is 84.9 cm³/mol. The molecule has 24 heavy (non-hydrogen) atoms. The number of carbonyl (C=O) groups excluding carboxylic acids is 2. The van der Waals surface area contributed by atoms with Crippen LogP contribution in [-0.2, 0) is 16.1 Å². The highest BCUT2D eigenvalue weighted by atomic mass is 35.5. The second-order valence-corrected chi connectivity index (χ2v) is 5.13. The highest BCUT2D eigenvalue weighted by Gasteiger charge is 2.15. The Morgan fingerprint density at radius 1 is 1.04 bits per heavy atom. The van der Waals surface area contributed by atoms with Crippen molar-refractivity contribution in [3.63, 3.8) is 0 Å². The number of halogens is 2. The van der Waals surface area contributed by atoms with Gasteiger partial charge in [-0.3, -0.25) is 0 Å². The topological polar surface area (TPSA) is 61.8 Å². The predicted octanol–water partition coefficient (Wildman–Crippen LogP) is 3.63. The molecule has 5 nitrogen and oxygen atoms in total. The summed E-state index contributed by atoms with van der Waals surface area (Å²) in [6.07, 6.45) is 0. The van der Waals surface area contributed by atoms with E-state index in [1.54, 1.807) is 0 Å². The van der Waals surface area contributed by atoms with E-state index in [0.717, 1.165) is 0 Å². The van der Waals surface area contributed by atoms with Crippen molar-refractivity contribution in [3.05, 3.63) is 63.9 Å². The number of rotatable bonds is 5. The van der Waals surface area contributed by atoms with Crippen LogP contribution in [0.5, 0.6) is 5.75 Å². The molecule has 0 aliphatic carbocycles. The van der Waals surface area contributed by atoms with Gasteiger partial charge in [-0.2, -0.15) is 0 Å². The minimum absolute atomic E-state index is 0.107. The molecule has 0 fully saturated rings. The Hall–Kier alpha value is -2.60. The first kappa shape index (κ1) is 17.7. The van der Waals surface area contributed by atoms with Crippen LogP contribution in [0.3, 0.4) is 0 Å². The van der Waals surface area contributed by atoms with Gasteiger partial charge in [0.1, 0.15) is 18.2 Å². The minimum atomic E-state index is -0.644. The Bertz CT molecular complexity index is 721. The summed E-state index contributed by atoms with van der Waals surface area (Å²) in [5, 5.41) is 0.215. The molecule has 0 saturated heterocycles. The molecule has 2 rings (SSSR count). The van der Waals surface area contributed by atoms with Crippen molar-refractivity contribution in [3.8, 4) is 5.75 Å². The van der Waals surface area contributed by atoms with Crippen molar-refractivity contribution in [2.75, 3.05) is 14.2 Å². The fourth-order valence-electron chi connectivity index (χ4n) is 1.98. The molecular weight excluding hydrogens is 339 g/mol. The van der Waals surface area contributed by atoms with Crippen molar-refractivity contribution in [1.82, 2.24) is 0 Å². The summed E-state index contributed by atoms with van der Waals surface area (Å²) in [6.45, 7) is -0.170. The summed E-state index contributed by atoms with van der Waals surface area (Å²) < 4.78 is 28.5. The number of hydrogen-bond acceptors (Lipinski definition) is 5. The highest BCUT2D eigenvalue weighted by Crippen LogP contribution is 2.24. The molecule has 2 aromatic rings. The SMILES string of the molecule is COC(=O)c1cc(OCc2c(F)cccc2Cl)cc(C(=O)OC)c1. The average molecular weight is 353 g/mol. The van der Waals surface area contributed by atoms with E-state index >= 15 is 0 Å².